The van der Waals surface area contributed by atoms with Gasteiger partial charge in [0.15, 0.2) is 11.5 Å². The molecule has 1 unspecified atom stereocenters. The Kier molecular flexibility index (Phi) is 4.55. The van der Waals surface area contributed by atoms with Gasteiger partial charge in [0.1, 0.15) is 0 Å². The summed E-state index contributed by atoms with van der Waals surface area (Å²) in [5, 5.41) is 0. The topological polar surface area (TPSA) is 21.7 Å². The average Bonchev–Trinajstić information content (AvgIpc) is 2.58. The summed E-state index contributed by atoms with van der Waals surface area (Å²) in [5.74, 6) is 1.62. The fraction of sp³-hybridized carbons (Fsp3) is 0.429. The van der Waals surface area contributed by atoms with Crippen LogP contribution in [0.1, 0.15) is 36.6 Å². The fourth-order valence-electron chi connectivity index (χ4n) is 3.92. The van der Waals surface area contributed by atoms with E-state index in [0.29, 0.717) is 6.04 Å². The van der Waals surface area contributed by atoms with E-state index in [0.717, 1.165) is 24.5 Å². The molecule has 3 rings (SSSR count). The van der Waals surface area contributed by atoms with Crippen LogP contribution in [0.15, 0.2) is 42.5 Å². The minimum absolute atomic E-state index is 0.0802. The minimum Gasteiger partial charge on any atom is -0.493 e. The van der Waals surface area contributed by atoms with Gasteiger partial charge in [0.25, 0.3) is 0 Å². The molecule has 128 valence electrons. The second kappa shape index (κ2) is 6.48. The molecule has 0 fully saturated rings. The Hall–Kier alpha value is -2.00. The van der Waals surface area contributed by atoms with E-state index in [9.17, 15) is 0 Å². The van der Waals surface area contributed by atoms with E-state index >= 15 is 0 Å². The van der Waals surface area contributed by atoms with Gasteiger partial charge in [-0.05, 0) is 42.3 Å². The summed E-state index contributed by atoms with van der Waals surface area (Å²) in [5.41, 5.74) is 4.14. The van der Waals surface area contributed by atoms with Crippen LogP contribution in [0.2, 0.25) is 0 Å². The largest absolute Gasteiger partial charge is 0.493 e. The molecule has 24 heavy (non-hydrogen) atoms. The van der Waals surface area contributed by atoms with Gasteiger partial charge in [-0.1, -0.05) is 44.2 Å². The van der Waals surface area contributed by atoms with Crippen LogP contribution < -0.4 is 9.47 Å². The van der Waals surface area contributed by atoms with Crippen LogP contribution in [0, 0.1) is 0 Å². The van der Waals surface area contributed by atoms with Crippen molar-refractivity contribution in [3.63, 3.8) is 0 Å². The van der Waals surface area contributed by atoms with E-state index < -0.39 is 0 Å². The predicted molar refractivity (Wildman–Crippen MR) is 98.1 cm³/mol. The van der Waals surface area contributed by atoms with Crippen LogP contribution in [-0.4, -0.2) is 32.7 Å². The van der Waals surface area contributed by atoms with E-state index in [2.05, 4.69) is 68.3 Å². The molecule has 3 nitrogen and oxygen atoms in total. The van der Waals surface area contributed by atoms with Crippen molar-refractivity contribution in [3.05, 3.63) is 59.2 Å². The van der Waals surface area contributed by atoms with Crippen molar-refractivity contribution in [2.75, 3.05) is 27.8 Å². The molecule has 0 N–H and O–H groups in total. The van der Waals surface area contributed by atoms with Crippen LogP contribution in [0.4, 0.5) is 0 Å². The molecule has 0 saturated carbocycles. The normalized spacial score (nSPS) is 19.6. The van der Waals surface area contributed by atoms with Crippen molar-refractivity contribution >= 4 is 0 Å². The van der Waals surface area contributed by atoms with Crippen molar-refractivity contribution in [1.82, 2.24) is 4.90 Å². The molecule has 0 amide bonds. The molecule has 1 atom stereocenters. The predicted octanol–water partition coefficient (Wildman–Crippen LogP) is 4.21. The lowest BCUT2D eigenvalue weighted by molar-refractivity contribution is 0.173. The summed E-state index contributed by atoms with van der Waals surface area (Å²) >= 11 is 0. The number of rotatable bonds is 4. The van der Waals surface area contributed by atoms with Crippen molar-refractivity contribution in [2.45, 2.75) is 31.7 Å². The zero-order chi connectivity index (χ0) is 17.3. The Morgan fingerprint density at radius 2 is 1.67 bits per heavy atom. The quantitative estimate of drug-likeness (QED) is 0.840. The van der Waals surface area contributed by atoms with Crippen LogP contribution in [0.5, 0.6) is 11.5 Å². The van der Waals surface area contributed by atoms with Crippen LogP contribution in [0.25, 0.3) is 0 Å². The number of hydrogen-bond donors (Lipinski definition) is 0. The summed E-state index contributed by atoms with van der Waals surface area (Å²) in [6, 6.07) is 15.4. The lowest BCUT2D eigenvalue weighted by Crippen LogP contribution is -2.43. The van der Waals surface area contributed by atoms with Crippen molar-refractivity contribution in [3.8, 4) is 11.5 Å². The SMILES string of the molecule is COc1cc2c(cc1OC)C(C)(C)CN(C)C2Cc1ccccc1. The summed E-state index contributed by atoms with van der Waals surface area (Å²) in [7, 11) is 5.62. The highest BCUT2D eigenvalue weighted by molar-refractivity contribution is 5.52. The highest BCUT2D eigenvalue weighted by atomic mass is 16.5. The Morgan fingerprint density at radius 3 is 2.29 bits per heavy atom. The molecule has 1 heterocycles. The van der Waals surface area contributed by atoms with Gasteiger partial charge in [-0.25, -0.2) is 0 Å². The van der Waals surface area contributed by atoms with Gasteiger partial charge < -0.3 is 9.47 Å². The highest BCUT2D eigenvalue weighted by Gasteiger charge is 2.37. The van der Waals surface area contributed by atoms with Crippen molar-refractivity contribution in [2.24, 2.45) is 0 Å². The Labute approximate surface area is 145 Å². The minimum atomic E-state index is 0.0802. The highest BCUT2D eigenvalue weighted by Crippen LogP contribution is 2.45. The number of fused-ring (bicyclic) bond motifs is 1. The number of likely N-dealkylation sites (N-methyl/N-ethyl adjacent to an activating group) is 1. The zero-order valence-corrected chi connectivity index (χ0v) is 15.3. The van der Waals surface area contributed by atoms with Crippen LogP contribution in [-0.2, 0) is 11.8 Å². The van der Waals surface area contributed by atoms with Crippen LogP contribution in [0.3, 0.4) is 0 Å². The average molecular weight is 325 g/mol. The summed E-state index contributed by atoms with van der Waals surface area (Å²) in [6.07, 6.45) is 0.996. The maximum atomic E-state index is 5.56. The van der Waals surface area contributed by atoms with Gasteiger partial charge in [-0.2, -0.15) is 0 Å². The second-order valence-corrected chi connectivity index (χ2v) is 7.30. The smallest absolute Gasteiger partial charge is 0.161 e. The Bertz CT molecular complexity index is 709. The molecular formula is C21H27NO2. The molecule has 2 aromatic rings. The maximum absolute atomic E-state index is 5.56. The van der Waals surface area contributed by atoms with E-state index in [1.54, 1.807) is 14.2 Å². The van der Waals surface area contributed by atoms with Gasteiger partial charge in [0, 0.05) is 18.0 Å². The Balaban J connectivity index is 2.09. The maximum Gasteiger partial charge on any atom is 0.161 e. The summed E-state index contributed by atoms with van der Waals surface area (Å²) < 4.78 is 11.1. The first-order valence-corrected chi connectivity index (χ1v) is 8.47. The lowest BCUT2D eigenvalue weighted by Gasteiger charge is -2.44. The monoisotopic (exact) mass is 325 g/mol. The number of methoxy groups -OCH3 is 2. The van der Waals surface area contributed by atoms with Crippen molar-refractivity contribution in [1.29, 1.82) is 0 Å². The van der Waals surface area contributed by atoms with Crippen molar-refractivity contribution < 1.29 is 9.47 Å². The third-order valence-corrected chi connectivity index (χ3v) is 5.09. The zero-order valence-electron chi connectivity index (χ0n) is 15.3. The molecule has 0 saturated heterocycles. The first kappa shape index (κ1) is 16.8. The second-order valence-electron chi connectivity index (χ2n) is 7.30. The molecule has 0 aliphatic carbocycles. The number of nitrogens with zero attached hydrogens (tertiary/aromatic N) is 1. The van der Waals surface area contributed by atoms with Gasteiger partial charge in [0.05, 0.1) is 14.2 Å². The number of benzene rings is 2. The summed E-state index contributed by atoms with van der Waals surface area (Å²) in [4.78, 5) is 2.46. The fourth-order valence-corrected chi connectivity index (χ4v) is 3.92. The first-order valence-electron chi connectivity index (χ1n) is 8.47. The van der Waals surface area contributed by atoms with E-state index in [4.69, 9.17) is 9.47 Å². The molecule has 1 aliphatic rings. The van der Waals surface area contributed by atoms with Crippen LogP contribution >= 0.6 is 0 Å². The van der Waals surface area contributed by atoms with E-state index in [1.807, 2.05) is 0 Å². The van der Waals surface area contributed by atoms with Gasteiger partial charge in [-0.15, -0.1) is 0 Å². The molecular weight excluding hydrogens is 298 g/mol. The standard InChI is InChI=1S/C21H27NO2/c1-21(2)14-22(3)18(11-15-9-7-6-8-10-15)16-12-19(23-4)20(24-5)13-17(16)21/h6-10,12-13,18H,11,14H2,1-5H3. The van der Waals surface area contributed by atoms with E-state index in [-0.39, 0.29) is 5.41 Å². The van der Waals surface area contributed by atoms with E-state index in [1.165, 1.54) is 16.7 Å². The summed E-state index contributed by atoms with van der Waals surface area (Å²) in [6.45, 7) is 5.62. The molecule has 2 aromatic carbocycles. The van der Waals surface area contributed by atoms with Gasteiger partial charge in [0.2, 0.25) is 0 Å². The molecule has 0 radical (unpaired) electrons. The Morgan fingerprint density at radius 1 is 1.04 bits per heavy atom. The van der Waals surface area contributed by atoms with Gasteiger partial charge >= 0.3 is 0 Å². The third kappa shape index (κ3) is 3.01. The number of hydrogen-bond acceptors (Lipinski definition) is 3. The third-order valence-electron chi connectivity index (χ3n) is 5.09. The number of ether oxygens (including phenoxy) is 2. The molecule has 1 aliphatic heterocycles. The first-order chi connectivity index (χ1) is 11.5. The molecule has 0 spiro atoms. The van der Waals surface area contributed by atoms with Gasteiger partial charge in [-0.3, -0.25) is 4.90 Å². The molecule has 3 heteroatoms. The molecule has 0 aromatic heterocycles. The lowest BCUT2D eigenvalue weighted by atomic mass is 9.74. The molecule has 0 bridgehead atoms.